The van der Waals surface area contributed by atoms with Gasteiger partial charge in [0.15, 0.2) is 0 Å². The number of esters is 1. The van der Waals surface area contributed by atoms with Crippen molar-refractivity contribution < 1.29 is 18.7 Å². The van der Waals surface area contributed by atoms with Crippen molar-refractivity contribution >= 4 is 5.97 Å². The maximum atomic E-state index is 11.3. The van der Waals surface area contributed by atoms with Crippen LogP contribution in [0.25, 0.3) is 0 Å². The molecular weight excluding hydrogens is 258 g/mol. The molecule has 0 aromatic carbocycles. The van der Waals surface area contributed by atoms with E-state index in [1.807, 2.05) is 13.0 Å². The Labute approximate surface area is 119 Å². The van der Waals surface area contributed by atoms with Crippen LogP contribution in [-0.4, -0.2) is 44.3 Å². The summed E-state index contributed by atoms with van der Waals surface area (Å²) in [6.45, 7) is 6.54. The second-order valence-electron chi connectivity index (χ2n) is 5.14. The molecule has 5 nitrogen and oxygen atoms in total. The summed E-state index contributed by atoms with van der Waals surface area (Å²) in [4.78, 5) is 13.7. The molecule has 0 atom stereocenters. The van der Waals surface area contributed by atoms with Crippen molar-refractivity contribution in [2.45, 2.75) is 26.3 Å². The molecule has 5 heteroatoms. The molecule has 1 aliphatic heterocycles. The third-order valence-electron chi connectivity index (χ3n) is 3.69. The third-order valence-corrected chi connectivity index (χ3v) is 3.69. The van der Waals surface area contributed by atoms with E-state index in [0.717, 1.165) is 51.4 Å². The van der Waals surface area contributed by atoms with Crippen molar-refractivity contribution in [2.24, 2.45) is 5.92 Å². The summed E-state index contributed by atoms with van der Waals surface area (Å²) in [5.41, 5.74) is 0. The monoisotopic (exact) mass is 281 g/mol. The van der Waals surface area contributed by atoms with E-state index < -0.39 is 5.97 Å². The highest BCUT2D eigenvalue weighted by Crippen LogP contribution is 2.20. The van der Waals surface area contributed by atoms with E-state index in [-0.39, 0.29) is 5.76 Å². The molecule has 0 spiro atoms. The average molecular weight is 281 g/mol. The second kappa shape index (κ2) is 7.45. The fraction of sp³-hybridized carbons (Fsp3) is 0.667. The topological polar surface area (TPSA) is 51.9 Å². The van der Waals surface area contributed by atoms with E-state index in [9.17, 15) is 4.79 Å². The fourth-order valence-corrected chi connectivity index (χ4v) is 2.49. The number of furan rings is 1. The van der Waals surface area contributed by atoms with Crippen LogP contribution in [0.2, 0.25) is 0 Å². The van der Waals surface area contributed by atoms with Gasteiger partial charge in [-0.05, 0) is 50.9 Å². The van der Waals surface area contributed by atoms with Gasteiger partial charge >= 0.3 is 5.97 Å². The molecule has 0 aliphatic carbocycles. The molecule has 1 saturated heterocycles. The summed E-state index contributed by atoms with van der Waals surface area (Å²) in [7, 11) is 1.35. The van der Waals surface area contributed by atoms with Gasteiger partial charge in [0.25, 0.3) is 0 Å². The minimum absolute atomic E-state index is 0.272. The van der Waals surface area contributed by atoms with Crippen LogP contribution in [0.3, 0.4) is 0 Å². The lowest BCUT2D eigenvalue weighted by atomic mass is 9.98. The number of rotatable bonds is 6. The van der Waals surface area contributed by atoms with Gasteiger partial charge in [0.1, 0.15) is 5.76 Å². The molecular formula is C15H23NO4. The molecule has 0 bridgehead atoms. The van der Waals surface area contributed by atoms with Gasteiger partial charge in [0, 0.05) is 13.2 Å². The van der Waals surface area contributed by atoms with Gasteiger partial charge in [-0.3, -0.25) is 4.90 Å². The Morgan fingerprint density at radius 3 is 2.80 bits per heavy atom. The Hall–Kier alpha value is -1.33. The zero-order valence-corrected chi connectivity index (χ0v) is 12.3. The van der Waals surface area contributed by atoms with E-state index >= 15 is 0 Å². The first-order valence-electron chi connectivity index (χ1n) is 7.20. The summed E-state index contributed by atoms with van der Waals surface area (Å²) in [6, 6.07) is 3.52. The van der Waals surface area contributed by atoms with Crippen molar-refractivity contribution in [1.29, 1.82) is 0 Å². The molecule has 1 fully saturated rings. The minimum atomic E-state index is -0.424. The van der Waals surface area contributed by atoms with Gasteiger partial charge in [0.2, 0.25) is 5.76 Å². The van der Waals surface area contributed by atoms with E-state index in [1.165, 1.54) is 7.11 Å². The number of ether oxygens (including phenoxy) is 2. The molecule has 112 valence electrons. The van der Waals surface area contributed by atoms with E-state index in [0.29, 0.717) is 5.92 Å². The summed E-state index contributed by atoms with van der Waals surface area (Å²) in [5, 5.41) is 0. The first-order valence-corrected chi connectivity index (χ1v) is 7.20. The standard InChI is InChI=1S/C15H23NO4/c1-3-19-11-12-6-8-16(9-7-12)10-13-4-5-14(20-13)15(17)18-2/h4-5,12H,3,6-11H2,1-2H3. The van der Waals surface area contributed by atoms with Crippen LogP contribution >= 0.6 is 0 Å². The molecule has 0 amide bonds. The second-order valence-corrected chi connectivity index (χ2v) is 5.14. The van der Waals surface area contributed by atoms with E-state index in [4.69, 9.17) is 9.15 Å². The quantitative estimate of drug-likeness (QED) is 0.749. The third kappa shape index (κ3) is 4.08. The summed E-state index contributed by atoms with van der Waals surface area (Å²) < 4.78 is 15.6. The van der Waals surface area contributed by atoms with Crippen molar-refractivity contribution in [2.75, 3.05) is 33.4 Å². The minimum Gasteiger partial charge on any atom is -0.463 e. The first-order chi connectivity index (χ1) is 9.72. The molecule has 0 unspecified atom stereocenters. The molecule has 0 saturated carbocycles. The fourth-order valence-electron chi connectivity index (χ4n) is 2.49. The Kier molecular flexibility index (Phi) is 5.61. The lowest BCUT2D eigenvalue weighted by Crippen LogP contribution is -2.34. The van der Waals surface area contributed by atoms with Crippen LogP contribution in [0.1, 0.15) is 36.1 Å². The summed E-state index contributed by atoms with van der Waals surface area (Å²) in [5.74, 6) is 1.34. The van der Waals surface area contributed by atoms with E-state index in [1.54, 1.807) is 6.07 Å². The number of likely N-dealkylation sites (tertiary alicyclic amines) is 1. The summed E-state index contributed by atoms with van der Waals surface area (Å²) >= 11 is 0. The van der Waals surface area contributed by atoms with Gasteiger partial charge in [-0.2, -0.15) is 0 Å². The maximum Gasteiger partial charge on any atom is 0.373 e. The highest BCUT2D eigenvalue weighted by molar-refractivity contribution is 5.86. The zero-order valence-electron chi connectivity index (χ0n) is 12.3. The molecule has 0 N–H and O–H groups in total. The molecule has 1 aliphatic rings. The Balaban J connectivity index is 1.77. The zero-order chi connectivity index (χ0) is 14.4. The Bertz CT molecular complexity index is 421. The van der Waals surface area contributed by atoms with Crippen LogP contribution in [0.5, 0.6) is 0 Å². The normalized spacial score (nSPS) is 17.3. The number of piperidine rings is 1. The first kappa shape index (κ1) is 15.1. The van der Waals surface area contributed by atoms with Crippen LogP contribution in [-0.2, 0) is 16.0 Å². The predicted molar refractivity (Wildman–Crippen MR) is 74.5 cm³/mol. The maximum absolute atomic E-state index is 11.3. The van der Waals surface area contributed by atoms with Crippen molar-refractivity contribution in [1.82, 2.24) is 4.90 Å². The molecule has 1 aromatic rings. The van der Waals surface area contributed by atoms with Gasteiger partial charge in [-0.15, -0.1) is 0 Å². The van der Waals surface area contributed by atoms with Gasteiger partial charge in [0.05, 0.1) is 13.7 Å². The lowest BCUT2D eigenvalue weighted by Gasteiger charge is -2.31. The number of hydrogen-bond donors (Lipinski definition) is 0. The molecule has 2 rings (SSSR count). The van der Waals surface area contributed by atoms with Crippen LogP contribution in [0, 0.1) is 5.92 Å². The van der Waals surface area contributed by atoms with Gasteiger partial charge < -0.3 is 13.9 Å². The Morgan fingerprint density at radius 2 is 2.15 bits per heavy atom. The molecule has 1 aromatic heterocycles. The van der Waals surface area contributed by atoms with Gasteiger partial charge in [-0.1, -0.05) is 0 Å². The number of methoxy groups -OCH3 is 1. The van der Waals surface area contributed by atoms with Crippen molar-refractivity contribution in [3.63, 3.8) is 0 Å². The highest BCUT2D eigenvalue weighted by atomic mass is 16.5. The summed E-state index contributed by atoms with van der Waals surface area (Å²) in [6.07, 6.45) is 2.31. The van der Waals surface area contributed by atoms with Gasteiger partial charge in [-0.25, -0.2) is 4.79 Å². The van der Waals surface area contributed by atoms with Crippen LogP contribution < -0.4 is 0 Å². The SMILES string of the molecule is CCOCC1CCN(Cc2ccc(C(=O)OC)o2)CC1. The lowest BCUT2D eigenvalue weighted by molar-refractivity contribution is 0.0555. The Morgan fingerprint density at radius 1 is 1.40 bits per heavy atom. The molecule has 20 heavy (non-hydrogen) atoms. The largest absolute Gasteiger partial charge is 0.463 e. The number of carbonyl (C=O) groups excluding carboxylic acids is 1. The van der Waals surface area contributed by atoms with Crippen LogP contribution in [0.4, 0.5) is 0 Å². The number of nitrogens with zero attached hydrogens (tertiary/aromatic N) is 1. The van der Waals surface area contributed by atoms with Crippen LogP contribution in [0.15, 0.2) is 16.5 Å². The molecule has 0 radical (unpaired) electrons. The van der Waals surface area contributed by atoms with Crippen molar-refractivity contribution in [3.05, 3.63) is 23.7 Å². The van der Waals surface area contributed by atoms with Crippen molar-refractivity contribution in [3.8, 4) is 0 Å². The van der Waals surface area contributed by atoms with E-state index in [2.05, 4.69) is 9.64 Å². The average Bonchev–Trinajstić information content (AvgIpc) is 2.94. The molecule has 2 heterocycles. The number of carbonyl (C=O) groups is 1. The number of hydrogen-bond acceptors (Lipinski definition) is 5. The smallest absolute Gasteiger partial charge is 0.373 e. The predicted octanol–water partition coefficient (Wildman–Crippen LogP) is 2.31. The highest BCUT2D eigenvalue weighted by Gasteiger charge is 2.20.